The van der Waals surface area contributed by atoms with E-state index in [4.69, 9.17) is 18.0 Å². The van der Waals surface area contributed by atoms with Crippen LogP contribution in [0.4, 0.5) is 5.69 Å². The van der Waals surface area contributed by atoms with Crippen LogP contribution in [-0.2, 0) is 6.54 Å². The monoisotopic (exact) mass is 234 g/mol. The highest BCUT2D eigenvalue weighted by Crippen LogP contribution is 2.10. The van der Waals surface area contributed by atoms with Crippen molar-refractivity contribution in [2.75, 3.05) is 5.32 Å². The van der Waals surface area contributed by atoms with E-state index in [9.17, 15) is 0 Å². The van der Waals surface area contributed by atoms with Crippen LogP contribution in [-0.4, -0.2) is 15.1 Å². The molecule has 0 aliphatic heterocycles. The van der Waals surface area contributed by atoms with Gasteiger partial charge in [0, 0.05) is 11.3 Å². The van der Waals surface area contributed by atoms with Crippen molar-refractivity contribution in [1.29, 1.82) is 0 Å². The number of nitrogens with two attached hydrogens (primary N) is 1. The minimum Gasteiger partial charge on any atom is -0.389 e. The molecule has 2 rings (SSSR count). The Labute approximate surface area is 97.7 Å². The van der Waals surface area contributed by atoms with E-state index in [1.165, 1.54) is 6.39 Å². The third kappa shape index (κ3) is 2.54. The molecular formula is C10H10N4OS. The summed E-state index contributed by atoms with van der Waals surface area (Å²) in [6.07, 6.45) is 1.30. The normalized spacial score (nSPS) is 10.0. The zero-order valence-electron chi connectivity index (χ0n) is 8.38. The molecule has 1 aromatic carbocycles. The van der Waals surface area contributed by atoms with E-state index in [0.717, 1.165) is 11.3 Å². The first kappa shape index (κ1) is 10.6. The summed E-state index contributed by atoms with van der Waals surface area (Å²) < 4.78 is 4.62. The lowest BCUT2D eigenvalue weighted by Crippen LogP contribution is -2.09. The fraction of sp³-hybridized carbons (Fsp3) is 0.100. The third-order valence-corrected chi connectivity index (χ3v) is 2.26. The lowest BCUT2D eigenvalue weighted by Gasteiger charge is -2.04. The average molecular weight is 234 g/mol. The summed E-state index contributed by atoms with van der Waals surface area (Å²) in [5, 5.41) is 6.83. The molecule has 3 N–H and O–H groups in total. The molecule has 0 bridgehead atoms. The van der Waals surface area contributed by atoms with Crippen LogP contribution in [0, 0.1) is 0 Å². The Morgan fingerprint density at radius 3 is 2.69 bits per heavy atom. The topological polar surface area (TPSA) is 77.0 Å². The van der Waals surface area contributed by atoms with Gasteiger partial charge in [0.2, 0.25) is 6.39 Å². The zero-order chi connectivity index (χ0) is 11.4. The van der Waals surface area contributed by atoms with Gasteiger partial charge in [-0.25, -0.2) is 0 Å². The molecule has 0 saturated carbocycles. The van der Waals surface area contributed by atoms with Crippen LogP contribution < -0.4 is 11.1 Å². The van der Waals surface area contributed by atoms with Crippen molar-refractivity contribution in [3.05, 3.63) is 42.0 Å². The number of thiocarbonyl (C=S) groups is 1. The predicted octanol–water partition coefficient (Wildman–Crippen LogP) is 1.32. The van der Waals surface area contributed by atoms with Crippen LogP contribution in [0.3, 0.4) is 0 Å². The van der Waals surface area contributed by atoms with Crippen LogP contribution in [0.1, 0.15) is 11.4 Å². The average Bonchev–Trinajstić information content (AvgIpc) is 2.80. The first-order chi connectivity index (χ1) is 7.75. The van der Waals surface area contributed by atoms with Gasteiger partial charge in [-0.3, -0.25) is 0 Å². The number of benzene rings is 1. The number of rotatable bonds is 4. The van der Waals surface area contributed by atoms with Crippen molar-refractivity contribution < 1.29 is 4.52 Å². The van der Waals surface area contributed by atoms with E-state index >= 15 is 0 Å². The van der Waals surface area contributed by atoms with Crippen molar-refractivity contribution >= 4 is 22.9 Å². The largest absolute Gasteiger partial charge is 0.389 e. The van der Waals surface area contributed by atoms with Crippen LogP contribution in [0.15, 0.2) is 35.2 Å². The number of nitrogens with one attached hydrogen (secondary N) is 1. The number of anilines is 1. The molecule has 1 aromatic heterocycles. The van der Waals surface area contributed by atoms with Crippen molar-refractivity contribution in [3.8, 4) is 0 Å². The molecule has 0 saturated heterocycles. The van der Waals surface area contributed by atoms with Crippen LogP contribution >= 0.6 is 12.2 Å². The Hall–Kier alpha value is -1.95. The third-order valence-electron chi connectivity index (χ3n) is 2.03. The Morgan fingerprint density at radius 1 is 1.38 bits per heavy atom. The van der Waals surface area contributed by atoms with Gasteiger partial charge < -0.3 is 15.6 Å². The van der Waals surface area contributed by atoms with Crippen LogP contribution in [0.25, 0.3) is 0 Å². The molecule has 0 radical (unpaired) electrons. The summed E-state index contributed by atoms with van der Waals surface area (Å²) in [6.45, 7) is 0.517. The molecular weight excluding hydrogens is 224 g/mol. The van der Waals surface area contributed by atoms with Gasteiger partial charge >= 0.3 is 0 Å². The molecule has 0 unspecified atom stereocenters. The van der Waals surface area contributed by atoms with Gasteiger partial charge in [0.05, 0.1) is 6.54 Å². The van der Waals surface area contributed by atoms with E-state index < -0.39 is 0 Å². The second-order valence-electron chi connectivity index (χ2n) is 3.14. The molecule has 6 heteroatoms. The summed E-state index contributed by atoms with van der Waals surface area (Å²) >= 11 is 4.86. The van der Waals surface area contributed by atoms with Crippen LogP contribution in [0.5, 0.6) is 0 Å². The standard InChI is InChI=1S/C10H10N4OS/c11-10(16)7-1-3-8(4-2-7)12-5-9-13-6-15-14-9/h1-4,6,12H,5H2,(H2,11,16). The summed E-state index contributed by atoms with van der Waals surface area (Å²) in [6, 6.07) is 7.52. The summed E-state index contributed by atoms with van der Waals surface area (Å²) in [7, 11) is 0. The zero-order valence-corrected chi connectivity index (χ0v) is 9.20. The quantitative estimate of drug-likeness (QED) is 0.777. The van der Waals surface area contributed by atoms with Gasteiger partial charge in [-0.1, -0.05) is 17.4 Å². The fourth-order valence-electron chi connectivity index (χ4n) is 1.20. The molecule has 16 heavy (non-hydrogen) atoms. The second-order valence-corrected chi connectivity index (χ2v) is 3.58. The smallest absolute Gasteiger partial charge is 0.213 e. The number of hydrogen-bond donors (Lipinski definition) is 2. The van der Waals surface area contributed by atoms with E-state index in [1.807, 2.05) is 24.3 Å². The highest BCUT2D eigenvalue weighted by molar-refractivity contribution is 7.80. The maximum Gasteiger partial charge on any atom is 0.213 e. The molecule has 2 aromatic rings. The second kappa shape index (κ2) is 4.71. The number of aromatic nitrogens is 2. The van der Waals surface area contributed by atoms with Gasteiger partial charge in [0.15, 0.2) is 5.82 Å². The SMILES string of the molecule is NC(=S)c1ccc(NCc2ncon2)cc1. The van der Waals surface area contributed by atoms with Gasteiger partial charge in [-0.15, -0.1) is 0 Å². The Kier molecular flexibility index (Phi) is 3.11. The summed E-state index contributed by atoms with van der Waals surface area (Å²) in [4.78, 5) is 4.29. The van der Waals surface area contributed by atoms with Crippen LogP contribution in [0.2, 0.25) is 0 Å². The van der Waals surface area contributed by atoms with E-state index in [0.29, 0.717) is 17.4 Å². The maximum atomic E-state index is 5.49. The molecule has 1 heterocycles. The first-order valence-electron chi connectivity index (χ1n) is 4.64. The highest BCUT2D eigenvalue weighted by atomic mass is 32.1. The molecule has 0 spiro atoms. The Bertz CT molecular complexity index is 466. The molecule has 82 valence electrons. The van der Waals surface area contributed by atoms with Crippen molar-refractivity contribution in [3.63, 3.8) is 0 Å². The molecule has 5 nitrogen and oxygen atoms in total. The first-order valence-corrected chi connectivity index (χ1v) is 5.05. The molecule has 0 aliphatic carbocycles. The highest BCUT2D eigenvalue weighted by Gasteiger charge is 1.99. The molecule has 0 fully saturated rings. The van der Waals surface area contributed by atoms with Gasteiger partial charge in [0.1, 0.15) is 4.99 Å². The van der Waals surface area contributed by atoms with Crippen molar-refractivity contribution in [2.24, 2.45) is 5.73 Å². The van der Waals surface area contributed by atoms with Crippen molar-refractivity contribution in [2.45, 2.75) is 6.54 Å². The number of hydrogen-bond acceptors (Lipinski definition) is 5. The Morgan fingerprint density at radius 2 is 2.12 bits per heavy atom. The molecule has 0 atom stereocenters. The minimum atomic E-state index is 0.393. The summed E-state index contributed by atoms with van der Waals surface area (Å²) in [5.74, 6) is 0.610. The lowest BCUT2D eigenvalue weighted by molar-refractivity contribution is 0.411. The Balaban J connectivity index is 1.98. The number of nitrogens with zero attached hydrogens (tertiary/aromatic N) is 2. The molecule has 0 aliphatic rings. The van der Waals surface area contributed by atoms with E-state index in [2.05, 4.69) is 20.0 Å². The van der Waals surface area contributed by atoms with Gasteiger partial charge in [0.25, 0.3) is 0 Å². The lowest BCUT2D eigenvalue weighted by atomic mass is 10.2. The van der Waals surface area contributed by atoms with E-state index in [-0.39, 0.29) is 0 Å². The molecule has 0 amide bonds. The summed E-state index contributed by atoms with van der Waals surface area (Å²) in [5.41, 5.74) is 7.29. The fourth-order valence-corrected chi connectivity index (χ4v) is 1.34. The minimum absolute atomic E-state index is 0.393. The van der Waals surface area contributed by atoms with Gasteiger partial charge in [-0.2, -0.15) is 4.98 Å². The maximum absolute atomic E-state index is 5.49. The van der Waals surface area contributed by atoms with Gasteiger partial charge in [-0.05, 0) is 24.3 Å². The van der Waals surface area contributed by atoms with Crippen molar-refractivity contribution in [1.82, 2.24) is 10.1 Å². The van der Waals surface area contributed by atoms with E-state index in [1.54, 1.807) is 0 Å². The predicted molar refractivity (Wildman–Crippen MR) is 64.0 cm³/mol.